The Bertz CT molecular complexity index is 322. The van der Waals surface area contributed by atoms with Crippen molar-refractivity contribution in [3.63, 3.8) is 0 Å². The number of pyridine rings is 1. The monoisotopic (exact) mass is 210 g/mol. The lowest BCUT2D eigenvalue weighted by Crippen LogP contribution is -2.08. The van der Waals surface area contributed by atoms with Crippen LogP contribution >= 0.6 is 0 Å². The molecule has 0 amide bonds. The van der Waals surface area contributed by atoms with E-state index in [-0.39, 0.29) is 0 Å². The fourth-order valence-electron chi connectivity index (χ4n) is 0.964. The number of nitrogens with zero attached hydrogens (tertiary/aromatic N) is 2. The number of rotatable bonds is 4. The Morgan fingerprint density at radius 2 is 2.13 bits per heavy atom. The summed E-state index contributed by atoms with van der Waals surface area (Å²) in [4.78, 5) is 8.21. The number of hydrogen-bond acceptors (Lipinski definition) is 5. The van der Waals surface area contributed by atoms with E-state index >= 15 is 0 Å². The molecule has 0 saturated heterocycles. The number of aliphatic imine (C=N–C) groups is 1. The quantitative estimate of drug-likeness (QED) is 0.557. The Morgan fingerprint density at radius 3 is 2.60 bits per heavy atom. The molecular weight excluding hydrogens is 196 g/mol. The second-order valence-corrected chi connectivity index (χ2v) is 2.70. The number of methoxy groups -OCH3 is 3. The second-order valence-electron chi connectivity index (χ2n) is 2.70. The van der Waals surface area contributed by atoms with Crippen LogP contribution in [0, 0.1) is 0 Å². The van der Waals surface area contributed by atoms with E-state index in [1.165, 1.54) is 0 Å². The van der Waals surface area contributed by atoms with Crippen molar-refractivity contribution in [2.75, 3.05) is 27.9 Å². The van der Waals surface area contributed by atoms with E-state index in [1.807, 2.05) is 0 Å². The van der Waals surface area contributed by atoms with Crippen LogP contribution < -0.4 is 4.74 Å². The molecule has 0 aliphatic carbocycles. The van der Waals surface area contributed by atoms with E-state index in [2.05, 4.69) is 9.98 Å². The maximum atomic E-state index is 5.02. The average molecular weight is 210 g/mol. The van der Waals surface area contributed by atoms with Crippen molar-refractivity contribution in [1.29, 1.82) is 0 Å². The third-order valence-corrected chi connectivity index (χ3v) is 1.69. The summed E-state index contributed by atoms with van der Waals surface area (Å²) in [5, 5.41) is 0. The summed E-state index contributed by atoms with van der Waals surface area (Å²) >= 11 is 0. The largest absolute Gasteiger partial charge is 0.482 e. The molecule has 0 fully saturated rings. The molecule has 5 heteroatoms. The summed E-state index contributed by atoms with van der Waals surface area (Å²) in [6, 6.07) is 3.53. The highest BCUT2D eigenvalue weighted by molar-refractivity contribution is 5.80. The highest BCUT2D eigenvalue weighted by atomic mass is 16.5. The van der Waals surface area contributed by atoms with Gasteiger partial charge in [-0.1, -0.05) is 0 Å². The normalized spacial score (nSPS) is 11.3. The van der Waals surface area contributed by atoms with Gasteiger partial charge in [0, 0.05) is 13.2 Å². The van der Waals surface area contributed by atoms with Crippen molar-refractivity contribution in [3.8, 4) is 5.88 Å². The van der Waals surface area contributed by atoms with Crippen molar-refractivity contribution in [1.82, 2.24) is 4.98 Å². The Balaban J connectivity index is 2.77. The Kier molecular flexibility index (Phi) is 4.56. The first kappa shape index (κ1) is 11.5. The zero-order valence-corrected chi connectivity index (χ0v) is 9.06. The minimum atomic E-state index is 0.336. The molecule has 1 aromatic heterocycles. The van der Waals surface area contributed by atoms with Crippen molar-refractivity contribution in [2.45, 2.75) is 0 Å². The van der Waals surface area contributed by atoms with Crippen LogP contribution in [0.25, 0.3) is 0 Å². The lowest BCUT2D eigenvalue weighted by Gasteiger charge is -2.03. The van der Waals surface area contributed by atoms with Crippen molar-refractivity contribution < 1.29 is 14.2 Å². The zero-order chi connectivity index (χ0) is 11.1. The van der Waals surface area contributed by atoms with Crippen LogP contribution in [0.15, 0.2) is 23.3 Å². The smallest absolute Gasteiger partial charge is 0.215 e. The van der Waals surface area contributed by atoms with Crippen molar-refractivity contribution >= 4 is 11.6 Å². The standard InChI is InChI=1S/C10H14N2O3/c1-13-7-10(15-3)12-8-4-5-9(14-2)11-6-8/h4-6H,7H2,1-3H3/b12-10-. The predicted molar refractivity (Wildman–Crippen MR) is 56.8 cm³/mol. The van der Waals surface area contributed by atoms with Gasteiger partial charge in [-0.05, 0) is 6.07 Å². The maximum absolute atomic E-state index is 5.02. The van der Waals surface area contributed by atoms with Gasteiger partial charge in [-0.3, -0.25) is 0 Å². The number of ether oxygens (including phenoxy) is 3. The Labute approximate surface area is 88.7 Å². The highest BCUT2D eigenvalue weighted by Gasteiger charge is 1.99. The Morgan fingerprint density at radius 1 is 1.33 bits per heavy atom. The average Bonchev–Trinajstić information content (AvgIpc) is 2.29. The molecule has 0 spiro atoms. The lowest BCUT2D eigenvalue weighted by atomic mass is 10.4. The summed E-state index contributed by atoms with van der Waals surface area (Å²) < 4.78 is 14.9. The van der Waals surface area contributed by atoms with Gasteiger partial charge in [0.25, 0.3) is 0 Å². The summed E-state index contributed by atoms with van der Waals surface area (Å²) in [5.41, 5.74) is 0.699. The van der Waals surface area contributed by atoms with E-state index in [1.54, 1.807) is 39.7 Å². The minimum Gasteiger partial charge on any atom is -0.482 e. The van der Waals surface area contributed by atoms with Crippen LogP contribution in [0.2, 0.25) is 0 Å². The first-order chi connectivity index (χ1) is 7.30. The molecule has 0 bridgehead atoms. The first-order valence-electron chi connectivity index (χ1n) is 4.40. The van der Waals surface area contributed by atoms with Crippen molar-refractivity contribution in [3.05, 3.63) is 18.3 Å². The number of aromatic nitrogens is 1. The fraction of sp³-hybridized carbons (Fsp3) is 0.400. The zero-order valence-electron chi connectivity index (χ0n) is 9.06. The van der Waals surface area contributed by atoms with Crippen LogP contribution in [-0.2, 0) is 9.47 Å². The topological polar surface area (TPSA) is 52.9 Å². The van der Waals surface area contributed by atoms with Gasteiger partial charge >= 0.3 is 0 Å². The van der Waals surface area contributed by atoms with Gasteiger partial charge in [-0.25, -0.2) is 9.98 Å². The molecule has 0 saturated carbocycles. The molecule has 15 heavy (non-hydrogen) atoms. The first-order valence-corrected chi connectivity index (χ1v) is 4.40. The molecule has 82 valence electrons. The van der Waals surface area contributed by atoms with Gasteiger partial charge in [0.05, 0.1) is 26.1 Å². The maximum Gasteiger partial charge on any atom is 0.215 e. The lowest BCUT2D eigenvalue weighted by molar-refractivity contribution is 0.219. The van der Waals surface area contributed by atoms with Gasteiger partial charge in [0.15, 0.2) is 0 Å². The molecule has 0 radical (unpaired) electrons. The molecular formula is C10H14N2O3. The summed E-state index contributed by atoms with van der Waals surface area (Å²) in [6.45, 7) is 0.336. The van der Waals surface area contributed by atoms with Crippen LogP contribution in [0.4, 0.5) is 5.69 Å². The van der Waals surface area contributed by atoms with E-state index in [4.69, 9.17) is 14.2 Å². The van der Waals surface area contributed by atoms with E-state index in [9.17, 15) is 0 Å². The van der Waals surface area contributed by atoms with Gasteiger partial charge in [-0.2, -0.15) is 0 Å². The molecule has 0 N–H and O–H groups in total. The van der Waals surface area contributed by atoms with Gasteiger partial charge < -0.3 is 14.2 Å². The summed E-state index contributed by atoms with van der Waals surface area (Å²) in [6.07, 6.45) is 1.60. The molecule has 1 aromatic rings. The van der Waals surface area contributed by atoms with E-state index in [0.29, 0.717) is 24.1 Å². The summed E-state index contributed by atoms with van der Waals surface area (Å²) in [5.74, 6) is 1.06. The van der Waals surface area contributed by atoms with Gasteiger partial charge in [0.2, 0.25) is 11.8 Å². The summed E-state index contributed by atoms with van der Waals surface area (Å²) in [7, 11) is 4.70. The second kappa shape index (κ2) is 5.98. The number of hydrogen-bond donors (Lipinski definition) is 0. The Hall–Kier alpha value is -1.62. The molecule has 1 rings (SSSR count). The SMILES string of the molecule is COC/C(=N/c1ccc(OC)nc1)OC. The van der Waals surface area contributed by atoms with E-state index in [0.717, 1.165) is 0 Å². The molecule has 0 aliphatic heterocycles. The highest BCUT2D eigenvalue weighted by Crippen LogP contribution is 2.14. The predicted octanol–water partition coefficient (Wildman–Crippen LogP) is 1.41. The van der Waals surface area contributed by atoms with Gasteiger partial charge in [0.1, 0.15) is 6.61 Å². The van der Waals surface area contributed by atoms with Crippen LogP contribution in [0.3, 0.4) is 0 Å². The fourth-order valence-corrected chi connectivity index (χ4v) is 0.964. The molecule has 0 aliphatic rings. The molecule has 0 aromatic carbocycles. The molecule has 5 nitrogen and oxygen atoms in total. The van der Waals surface area contributed by atoms with Crippen LogP contribution in [0.5, 0.6) is 5.88 Å². The van der Waals surface area contributed by atoms with Crippen molar-refractivity contribution in [2.24, 2.45) is 4.99 Å². The third kappa shape index (κ3) is 3.55. The van der Waals surface area contributed by atoms with E-state index < -0.39 is 0 Å². The van der Waals surface area contributed by atoms with Crippen LogP contribution in [0.1, 0.15) is 0 Å². The van der Waals surface area contributed by atoms with Gasteiger partial charge in [-0.15, -0.1) is 0 Å². The molecule has 0 unspecified atom stereocenters. The molecule has 0 atom stereocenters. The molecule has 1 heterocycles. The van der Waals surface area contributed by atoms with Crippen LogP contribution in [-0.4, -0.2) is 38.8 Å². The third-order valence-electron chi connectivity index (χ3n) is 1.69. The minimum absolute atomic E-state index is 0.336.